The second-order valence-corrected chi connectivity index (χ2v) is 6.26. The first-order valence-electron chi connectivity index (χ1n) is 8.35. The predicted molar refractivity (Wildman–Crippen MR) is 95.0 cm³/mol. The summed E-state index contributed by atoms with van der Waals surface area (Å²) < 4.78 is 0. The summed E-state index contributed by atoms with van der Waals surface area (Å²) in [4.78, 5) is 39.1. The number of ketones is 1. The second kappa shape index (κ2) is 6.93. The molecule has 6 nitrogen and oxygen atoms in total. The van der Waals surface area contributed by atoms with Crippen molar-refractivity contribution in [2.24, 2.45) is 0 Å². The number of benzene rings is 1. The molecule has 2 amide bonds. The summed E-state index contributed by atoms with van der Waals surface area (Å²) >= 11 is 0. The Hall–Kier alpha value is -2.89. The van der Waals surface area contributed by atoms with E-state index in [1.165, 1.54) is 0 Å². The van der Waals surface area contributed by atoms with Gasteiger partial charge in [0.05, 0.1) is 6.42 Å². The number of carbonyl (C=O) groups excluding carboxylic acids is 3. The van der Waals surface area contributed by atoms with Crippen molar-refractivity contribution in [1.82, 2.24) is 10.3 Å². The number of aryl methyl sites for hydroxylation is 1. The van der Waals surface area contributed by atoms with Crippen LogP contribution in [0.4, 0.5) is 5.69 Å². The monoisotopic (exact) mass is 339 g/mol. The topological polar surface area (TPSA) is 91.1 Å². The largest absolute Gasteiger partial charge is 0.359 e. The highest BCUT2D eigenvalue weighted by atomic mass is 16.2. The van der Waals surface area contributed by atoms with Gasteiger partial charge < -0.3 is 15.6 Å². The lowest BCUT2D eigenvalue weighted by atomic mass is 9.94. The van der Waals surface area contributed by atoms with Crippen molar-refractivity contribution >= 4 is 23.3 Å². The van der Waals surface area contributed by atoms with Crippen LogP contribution >= 0.6 is 0 Å². The minimum Gasteiger partial charge on any atom is -0.359 e. The van der Waals surface area contributed by atoms with E-state index >= 15 is 0 Å². The number of hydrogen-bond acceptors (Lipinski definition) is 3. The lowest BCUT2D eigenvalue weighted by Gasteiger charge is -2.09. The van der Waals surface area contributed by atoms with Crippen molar-refractivity contribution in [2.75, 3.05) is 12.4 Å². The number of aromatic amines is 1. The number of anilines is 1. The Labute approximate surface area is 146 Å². The fourth-order valence-corrected chi connectivity index (χ4v) is 3.17. The van der Waals surface area contributed by atoms with Crippen molar-refractivity contribution in [3.8, 4) is 0 Å². The maximum absolute atomic E-state index is 12.6. The molecule has 0 radical (unpaired) electrons. The molecule has 3 rings (SSSR count). The number of H-pyrrole nitrogens is 1. The molecular weight excluding hydrogens is 318 g/mol. The number of carbonyl (C=O) groups is 3. The number of aromatic nitrogens is 1. The number of likely N-dealkylation sites (N-methyl/N-ethyl adjacent to an activating group) is 1. The lowest BCUT2D eigenvalue weighted by Crippen LogP contribution is -2.19. The molecule has 0 aliphatic heterocycles. The van der Waals surface area contributed by atoms with E-state index < -0.39 is 0 Å². The number of hydrogen-bond donors (Lipinski definition) is 3. The molecule has 6 heteroatoms. The van der Waals surface area contributed by atoms with Crippen molar-refractivity contribution in [2.45, 2.75) is 32.6 Å². The standard InChI is InChI=1S/C19H21N3O3/c1-11-17-14(4-3-5-15(17)23)22-18(11)19(25)21-13-8-6-12(7-9-13)10-16(24)20-2/h6-9,22H,3-5,10H2,1-2H3,(H,20,24)(H,21,25). The van der Waals surface area contributed by atoms with Gasteiger partial charge >= 0.3 is 0 Å². The Balaban J connectivity index is 1.75. The Morgan fingerprint density at radius 2 is 1.88 bits per heavy atom. The molecule has 0 saturated carbocycles. The summed E-state index contributed by atoms with van der Waals surface area (Å²) in [6.45, 7) is 1.81. The maximum atomic E-state index is 12.6. The van der Waals surface area contributed by atoms with Gasteiger partial charge in [0, 0.05) is 30.4 Å². The van der Waals surface area contributed by atoms with Crippen LogP contribution < -0.4 is 10.6 Å². The van der Waals surface area contributed by atoms with Crippen LogP contribution in [0.25, 0.3) is 0 Å². The molecular formula is C19H21N3O3. The Kier molecular flexibility index (Phi) is 4.70. The third-order valence-electron chi connectivity index (χ3n) is 4.52. The average Bonchev–Trinajstić information content (AvgIpc) is 2.95. The summed E-state index contributed by atoms with van der Waals surface area (Å²) in [7, 11) is 1.60. The fourth-order valence-electron chi connectivity index (χ4n) is 3.17. The van der Waals surface area contributed by atoms with E-state index in [9.17, 15) is 14.4 Å². The average molecular weight is 339 g/mol. The Morgan fingerprint density at radius 1 is 1.16 bits per heavy atom. The summed E-state index contributed by atoms with van der Waals surface area (Å²) in [6, 6.07) is 7.14. The summed E-state index contributed by atoms with van der Waals surface area (Å²) in [5.74, 6) is -0.222. The molecule has 1 heterocycles. The highest BCUT2D eigenvalue weighted by molar-refractivity contribution is 6.08. The zero-order valence-corrected chi connectivity index (χ0v) is 14.4. The van der Waals surface area contributed by atoms with Crippen LogP contribution in [0, 0.1) is 6.92 Å². The van der Waals surface area contributed by atoms with Gasteiger partial charge in [0.25, 0.3) is 5.91 Å². The maximum Gasteiger partial charge on any atom is 0.272 e. The quantitative estimate of drug-likeness (QED) is 0.799. The molecule has 1 aliphatic rings. The third kappa shape index (κ3) is 3.47. The van der Waals surface area contributed by atoms with Crippen LogP contribution in [0.2, 0.25) is 0 Å². The normalized spacial score (nSPS) is 13.3. The Bertz CT molecular complexity index is 834. The molecule has 0 fully saturated rings. The highest BCUT2D eigenvalue weighted by Gasteiger charge is 2.26. The molecule has 25 heavy (non-hydrogen) atoms. The molecule has 1 aromatic carbocycles. The fraction of sp³-hybridized carbons (Fsp3) is 0.316. The van der Waals surface area contributed by atoms with E-state index in [0.29, 0.717) is 35.3 Å². The minimum atomic E-state index is -0.265. The van der Waals surface area contributed by atoms with Crippen molar-refractivity contribution < 1.29 is 14.4 Å². The molecule has 1 aliphatic carbocycles. The Morgan fingerprint density at radius 3 is 2.52 bits per heavy atom. The van der Waals surface area contributed by atoms with Gasteiger partial charge in [-0.2, -0.15) is 0 Å². The number of amides is 2. The highest BCUT2D eigenvalue weighted by Crippen LogP contribution is 2.27. The van der Waals surface area contributed by atoms with E-state index in [0.717, 1.165) is 24.1 Å². The van der Waals surface area contributed by atoms with Gasteiger partial charge in [0.15, 0.2) is 5.78 Å². The van der Waals surface area contributed by atoms with E-state index in [1.807, 2.05) is 0 Å². The van der Waals surface area contributed by atoms with Crippen molar-refractivity contribution in [3.05, 3.63) is 52.3 Å². The van der Waals surface area contributed by atoms with Gasteiger partial charge in [-0.3, -0.25) is 14.4 Å². The first-order chi connectivity index (χ1) is 12.0. The smallest absolute Gasteiger partial charge is 0.272 e. The summed E-state index contributed by atoms with van der Waals surface area (Å²) in [5, 5.41) is 5.41. The number of fused-ring (bicyclic) bond motifs is 1. The van der Waals surface area contributed by atoms with Crippen LogP contribution in [0.3, 0.4) is 0 Å². The third-order valence-corrected chi connectivity index (χ3v) is 4.52. The van der Waals surface area contributed by atoms with E-state index in [-0.39, 0.29) is 17.6 Å². The molecule has 0 saturated heterocycles. The molecule has 0 unspecified atom stereocenters. The van der Waals surface area contributed by atoms with E-state index in [4.69, 9.17) is 0 Å². The second-order valence-electron chi connectivity index (χ2n) is 6.26. The molecule has 3 N–H and O–H groups in total. The minimum absolute atomic E-state index is 0.0611. The lowest BCUT2D eigenvalue weighted by molar-refractivity contribution is -0.119. The van der Waals surface area contributed by atoms with Gasteiger partial charge in [0.2, 0.25) is 5.91 Å². The molecule has 0 bridgehead atoms. The molecule has 2 aromatic rings. The van der Waals surface area contributed by atoms with Gasteiger partial charge in [-0.15, -0.1) is 0 Å². The predicted octanol–water partition coefficient (Wildman–Crippen LogP) is 2.38. The van der Waals surface area contributed by atoms with Crippen LogP contribution in [-0.4, -0.2) is 29.6 Å². The first-order valence-corrected chi connectivity index (χ1v) is 8.35. The molecule has 1 aromatic heterocycles. The van der Waals surface area contributed by atoms with Crippen LogP contribution in [0.5, 0.6) is 0 Å². The number of Topliss-reactive ketones (excluding diaryl/α,β-unsaturated/α-hetero) is 1. The van der Waals surface area contributed by atoms with Crippen LogP contribution in [0.15, 0.2) is 24.3 Å². The van der Waals surface area contributed by atoms with Crippen LogP contribution in [-0.2, 0) is 17.6 Å². The van der Waals surface area contributed by atoms with E-state index in [2.05, 4.69) is 15.6 Å². The van der Waals surface area contributed by atoms with Gasteiger partial charge in [0.1, 0.15) is 5.69 Å². The molecule has 130 valence electrons. The van der Waals surface area contributed by atoms with Crippen LogP contribution in [0.1, 0.15) is 50.5 Å². The zero-order valence-electron chi connectivity index (χ0n) is 14.4. The molecule has 0 spiro atoms. The van der Waals surface area contributed by atoms with Crippen molar-refractivity contribution in [1.29, 1.82) is 0 Å². The number of nitrogens with one attached hydrogen (secondary N) is 3. The van der Waals surface area contributed by atoms with Gasteiger partial charge in [-0.25, -0.2) is 0 Å². The van der Waals surface area contributed by atoms with E-state index in [1.54, 1.807) is 38.2 Å². The molecule has 0 atom stereocenters. The summed E-state index contributed by atoms with van der Waals surface area (Å²) in [6.07, 6.45) is 2.46. The van der Waals surface area contributed by atoms with Crippen molar-refractivity contribution in [3.63, 3.8) is 0 Å². The number of rotatable bonds is 4. The SMILES string of the molecule is CNC(=O)Cc1ccc(NC(=O)c2[nH]c3c(c2C)C(=O)CCC3)cc1. The van der Waals surface area contributed by atoms with Gasteiger partial charge in [-0.1, -0.05) is 12.1 Å². The zero-order chi connectivity index (χ0) is 18.0. The summed E-state index contributed by atoms with van der Waals surface area (Å²) in [5.41, 5.74) is 4.21. The first kappa shape index (κ1) is 17.0. The van der Waals surface area contributed by atoms with Gasteiger partial charge in [-0.05, 0) is 43.0 Å².